The van der Waals surface area contributed by atoms with E-state index in [1.807, 2.05) is 6.20 Å². The van der Waals surface area contributed by atoms with Gasteiger partial charge in [0.05, 0.1) is 11.7 Å². The molecule has 84 valence electrons. The number of pyridine rings is 1. The summed E-state index contributed by atoms with van der Waals surface area (Å²) in [5.74, 6) is 1.91. The van der Waals surface area contributed by atoms with Crippen LogP contribution >= 0.6 is 0 Å². The average Bonchev–Trinajstić information content (AvgIpc) is 2.61. The first kappa shape index (κ1) is 9.85. The van der Waals surface area contributed by atoms with Gasteiger partial charge in [0, 0.05) is 18.0 Å². The zero-order valence-electron chi connectivity index (χ0n) is 9.39. The van der Waals surface area contributed by atoms with Gasteiger partial charge in [0.15, 0.2) is 0 Å². The van der Waals surface area contributed by atoms with E-state index >= 15 is 0 Å². The third-order valence-electron chi connectivity index (χ3n) is 3.53. The molecule has 3 rings (SSSR count). The molecule has 1 aliphatic carbocycles. The van der Waals surface area contributed by atoms with Crippen molar-refractivity contribution in [1.29, 1.82) is 0 Å². The molecule has 3 nitrogen and oxygen atoms in total. The second kappa shape index (κ2) is 3.91. The summed E-state index contributed by atoms with van der Waals surface area (Å²) in [4.78, 5) is 4.58. The molecule has 0 spiro atoms. The van der Waals surface area contributed by atoms with E-state index in [4.69, 9.17) is 5.73 Å². The van der Waals surface area contributed by atoms with E-state index in [2.05, 4.69) is 27.6 Å². The van der Waals surface area contributed by atoms with Gasteiger partial charge >= 0.3 is 0 Å². The summed E-state index contributed by atoms with van der Waals surface area (Å²) in [6, 6.07) is 6.37. The molecule has 1 aliphatic rings. The second-order valence-electron chi connectivity index (χ2n) is 4.56. The summed E-state index contributed by atoms with van der Waals surface area (Å²) in [6.07, 6.45) is 6.83. The van der Waals surface area contributed by atoms with Gasteiger partial charge in [-0.05, 0) is 31.5 Å². The molecule has 0 amide bonds. The Bertz CT molecular complexity index is 497. The van der Waals surface area contributed by atoms with Gasteiger partial charge < -0.3 is 10.1 Å². The van der Waals surface area contributed by atoms with Crippen LogP contribution in [0.2, 0.25) is 0 Å². The van der Waals surface area contributed by atoms with E-state index < -0.39 is 0 Å². The van der Waals surface area contributed by atoms with E-state index in [1.165, 1.54) is 36.3 Å². The number of fused-ring (bicyclic) bond motifs is 1. The summed E-state index contributed by atoms with van der Waals surface area (Å²) in [6.45, 7) is 0.696. The van der Waals surface area contributed by atoms with Crippen LogP contribution in [0.3, 0.4) is 0 Å². The van der Waals surface area contributed by atoms with E-state index in [-0.39, 0.29) is 0 Å². The molecule has 0 saturated heterocycles. The van der Waals surface area contributed by atoms with Gasteiger partial charge in [-0.1, -0.05) is 12.5 Å². The Hall–Kier alpha value is -1.35. The van der Waals surface area contributed by atoms with E-state index in [0.717, 1.165) is 6.42 Å². The highest BCUT2D eigenvalue weighted by atomic mass is 15.0. The van der Waals surface area contributed by atoms with Gasteiger partial charge in [-0.15, -0.1) is 0 Å². The third-order valence-corrected chi connectivity index (χ3v) is 3.53. The minimum Gasteiger partial charge on any atom is -0.330 e. The molecule has 0 unspecified atom stereocenters. The van der Waals surface area contributed by atoms with Crippen molar-refractivity contribution in [2.75, 3.05) is 6.54 Å². The number of hydrogen-bond acceptors (Lipinski definition) is 2. The lowest BCUT2D eigenvalue weighted by Crippen LogP contribution is -2.15. The minimum atomic E-state index is 0.668. The molecular formula is C13H17N3. The second-order valence-corrected chi connectivity index (χ2v) is 4.56. The zero-order chi connectivity index (χ0) is 11.0. The Kier molecular flexibility index (Phi) is 2.40. The van der Waals surface area contributed by atoms with Crippen LogP contribution in [-0.4, -0.2) is 15.9 Å². The maximum atomic E-state index is 5.66. The predicted molar refractivity (Wildman–Crippen MR) is 64.5 cm³/mol. The van der Waals surface area contributed by atoms with Crippen molar-refractivity contribution in [1.82, 2.24) is 9.38 Å². The molecule has 2 aromatic rings. The number of rotatable bonds is 3. The monoisotopic (exact) mass is 215 g/mol. The number of imidazole rings is 1. The molecule has 16 heavy (non-hydrogen) atoms. The molecule has 2 heterocycles. The van der Waals surface area contributed by atoms with Crippen molar-refractivity contribution in [2.45, 2.75) is 31.6 Å². The quantitative estimate of drug-likeness (QED) is 0.852. The molecule has 0 radical (unpaired) electrons. The third kappa shape index (κ3) is 1.43. The standard InChI is InChI=1S/C13H17N3/c14-8-7-11-5-2-6-12-9-15-13(16(11)12)10-3-1-4-10/h2,5-6,9-10H,1,3-4,7-8,14H2. The van der Waals surface area contributed by atoms with Crippen LogP contribution in [0.4, 0.5) is 0 Å². The highest BCUT2D eigenvalue weighted by Gasteiger charge is 2.24. The zero-order valence-corrected chi connectivity index (χ0v) is 9.39. The van der Waals surface area contributed by atoms with E-state index in [9.17, 15) is 0 Å². The van der Waals surface area contributed by atoms with Crippen LogP contribution in [0.1, 0.15) is 36.7 Å². The van der Waals surface area contributed by atoms with Crippen LogP contribution in [0, 0.1) is 0 Å². The first-order valence-electron chi connectivity index (χ1n) is 6.05. The van der Waals surface area contributed by atoms with Crippen LogP contribution in [0.25, 0.3) is 5.52 Å². The molecule has 2 N–H and O–H groups in total. The van der Waals surface area contributed by atoms with Crippen molar-refractivity contribution in [2.24, 2.45) is 5.73 Å². The summed E-state index contributed by atoms with van der Waals surface area (Å²) < 4.78 is 2.30. The van der Waals surface area contributed by atoms with Crippen molar-refractivity contribution in [3.05, 3.63) is 35.9 Å². The fraction of sp³-hybridized carbons (Fsp3) is 0.462. The van der Waals surface area contributed by atoms with Gasteiger partial charge in [0.25, 0.3) is 0 Å². The van der Waals surface area contributed by atoms with Gasteiger partial charge in [0.2, 0.25) is 0 Å². The Labute approximate surface area is 95.3 Å². The summed E-state index contributed by atoms with van der Waals surface area (Å²) in [5.41, 5.74) is 8.15. The van der Waals surface area contributed by atoms with Gasteiger partial charge in [-0.3, -0.25) is 0 Å². The Morgan fingerprint density at radius 3 is 2.94 bits per heavy atom. The lowest BCUT2D eigenvalue weighted by Gasteiger charge is -2.24. The first-order chi connectivity index (χ1) is 7.90. The molecule has 0 aromatic carbocycles. The van der Waals surface area contributed by atoms with Crippen LogP contribution in [0.15, 0.2) is 24.4 Å². The van der Waals surface area contributed by atoms with Crippen LogP contribution in [-0.2, 0) is 6.42 Å². The van der Waals surface area contributed by atoms with Crippen molar-refractivity contribution in [3.8, 4) is 0 Å². The van der Waals surface area contributed by atoms with E-state index in [1.54, 1.807) is 0 Å². The molecular weight excluding hydrogens is 198 g/mol. The minimum absolute atomic E-state index is 0.668. The Balaban J connectivity index is 2.13. The number of aromatic nitrogens is 2. The molecule has 0 atom stereocenters. The molecule has 1 saturated carbocycles. The van der Waals surface area contributed by atoms with Crippen LogP contribution in [0.5, 0.6) is 0 Å². The fourth-order valence-electron chi connectivity index (χ4n) is 2.44. The van der Waals surface area contributed by atoms with Crippen molar-refractivity contribution >= 4 is 5.52 Å². The normalized spacial score (nSPS) is 16.6. The Morgan fingerprint density at radius 1 is 1.38 bits per heavy atom. The summed E-state index contributed by atoms with van der Waals surface area (Å²) in [5, 5.41) is 0. The summed E-state index contributed by atoms with van der Waals surface area (Å²) in [7, 11) is 0. The first-order valence-corrected chi connectivity index (χ1v) is 6.05. The maximum Gasteiger partial charge on any atom is 0.116 e. The smallest absolute Gasteiger partial charge is 0.116 e. The molecule has 0 bridgehead atoms. The van der Waals surface area contributed by atoms with Gasteiger partial charge in [-0.2, -0.15) is 0 Å². The fourth-order valence-corrected chi connectivity index (χ4v) is 2.44. The lowest BCUT2D eigenvalue weighted by molar-refractivity contribution is 0.399. The molecule has 1 fully saturated rings. The van der Waals surface area contributed by atoms with Gasteiger partial charge in [-0.25, -0.2) is 4.98 Å². The highest BCUT2D eigenvalue weighted by Crippen LogP contribution is 2.36. The number of nitrogens with two attached hydrogens (primary N) is 1. The predicted octanol–water partition coefficient (Wildman–Crippen LogP) is 2.10. The van der Waals surface area contributed by atoms with E-state index in [0.29, 0.717) is 12.5 Å². The molecule has 2 aromatic heterocycles. The number of hydrogen-bond donors (Lipinski definition) is 1. The lowest BCUT2D eigenvalue weighted by atomic mass is 9.85. The van der Waals surface area contributed by atoms with Crippen molar-refractivity contribution < 1.29 is 0 Å². The topological polar surface area (TPSA) is 43.3 Å². The SMILES string of the molecule is NCCc1cccc2cnc(C3CCC3)n12. The largest absolute Gasteiger partial charge is 0.330 e. The summed E-state index contributed by atoms with van der Waals surface area (Å²) >= 11 is 0. The number of nitrogens with zero attached hydrogens (tertiary/aromatic N) is 2. The highest BCUT2D eigenvalue weighted by molar-refractivity contribution is 5.48. The Morgan fingerprint density at radius 2 is 2.25 bits per heavy atom. The molecule has 3 heteroatoms. The van der Waals surface area contributed by atoms with Gasteiger partial charge in [0.1, 0.15) is 5.82 Å². The molecule has 0 aliphatic heterocycles. The van der Waals surface area contributed by atoms with Crippen LogP contribution < -0.4 is 5.73 Å². The van der Waals surface area contributed by atoms with Crippen molar-refractivity contribution in [3.63, 3.8) is 0 Å². The maximum absolute atomic E-state index is 5.66. The average molecular weight is 215 g/mol.